The van der Waals surface area contributed by atoms with Gasteiger partial charge < -0.3 is 18.9 Å². The van der Waals surface area contributed by atoms with Crippen LogP contribution in [0, 0.1) is 5.82 Å². The van der Waals surface area contributed by atoms with E-state index in [-0.39, 0.29) is 23.6 Å². The molecule has 258 valence electrons. The van der Waals surface area contributed by atoms with Gasteiger partial charge in [0.25, 0.3) is 0 Å². The molecule has 1 saturated carbocycles. The molecule has 46 heavy (non-hydrogen) atoms. The quantitative estimate of drug-likeness (QED) is 0.0944. The third kappa shape index (κ3) is 10.2. The number of benzene rings is 1. The summed E-state index contributed by atoms with van der Waals surface area (Å²) in [6.45, 7) is 8.99. The number of hydrogen-bond donors (Lipinski definition) is 0. The lowest BCUT2D eigenvalue weighted by Crippen LogP contribution is -2.47. The first-order chi connectivity index (χ1) is 22.5. The van der Waals surface area contributed by atoms with Crippen LogP contribution in [0.5, 0.6) is 5.75 Å². The first-order valence-electron chi connectivity index (χ1n) is 18.6. The molecular formula is C38H60FN3O4. The van der Waals surface area contributed by atoms with Crippen molar-refractivity contribution >= 4 is 22.6 Å². The van der Waals surface area contributed by atoms with E-state index in [4.69, 9.17) is 9.47 Å². The summed E-state index contributed by atoms with van der Waals surface area (Å²) in [6.07, 6.45) is 23.2. The average Bonchev–Trinajstić information content (AvgIpc) is 3.91. The van der Waals surface area contributed by atoms with E-state index in [0.29, 0.717) is 30.0 Å². The fourth-order valence-electron chi connectivity index (χ4n) is 6.86. The molecule has 8 heteroatoms. The van der Waals surface area contributed by atoms with E-state index in [9.17, 15) is 9.59 Å². The molecule has 7 nitrogen and oxygen atoms in total. The number of carbonyl (C=O) groups excluding carboxylic acids is 1. The van der Waals surface area contributed by atoms with Gasteiger partial charge in [-0.05, 0) is 38.3 Å². The van der Waals surface area contributed by atoms with Crippen LogP contribution in [0.2, 0.25) is 0 Å². The maximum absolute atomic E-state index is 15.9. The summed E-state index contributed by atoms with van der Waals surface area (Å²) < 4.78 is 29.3. The molecule has 2 aliphatic rings. The lowest BCUT2D eigenvalue weighted by atomic mass is 10.1. The van der Waals surface area contributed by atoms with Crippen LogP contribution in [0.1, 0.15) is 146 Å². The highest BCUT2D eigenvalue weighted by molar-refractivity contribution is 5.97. The molecule has 1 aromatic carbocycles. The zero-order valence-corrected chi connectivity index (χ0v) is 29.1. The van der Waals surface area contributed by atoms with E-state index in [1.54, 1.807) is 13.3 Å². The van der Waals surface area contributed by atoms with Crippen molar-refractivity contribution in [3.8, 4) is 5.75 Å². The fourth-order valence-corrected chi connectivity index (χ4v) is 6.86. The van der Waals surface area contributed by atoms with E-state index in [1.807, 2.05) is 4.57 Å². The Hall–Kier alpha value is -2.61. The Morgan fingerprint density at radius 1 is 0.826 bits per heavy atom. The van der Waals surface area contributed by atoms with Crippen molar-refractivity contribution in [3.05, 3.63) is 33.9 Å². The predicted octanol–water partition coefficient (Wildman–Crippen LogP) is 9.04. The monoisotopic (exact) mass is 641 g/mol. The molecule has 0 amide bonds. The number of esters is 1. The van der Waals surface area contributed by atoms with Gasteiger partial charge in [-0.15, -0.1) is 0 Å². The number of unbranched alkanes of at least 4 members (excludes halogenated alkanes) is 14. The maximum Gasteiger partial charge on any atom is 0.343 e. The number of piperazine rings is 1. The molecule has 0 unspecified atom stereocenters. The highest BCUT2D eigenvalue weighted by atomic mass is 19.1. The molecule has 1 saturated heterocycles. The first-order valence-corrected chi connectivity index (χ1v) is 18.6. The number of pyridine rings is 1. The Labute approximate surface area is 276 Å². The number of rotatable bonds is 22. The summed E-state index contributed by atoms with van der Waals surface area (Å²) in [7, 11) is 1.55. The largest absolute Gasteiger partial charge is 0.492 e. The van der Waals surface area contributed by atoms with Gasteiger partial charge in [0.2, 0.25) is 5.43 Å². The second kappa shape index (κ2) is 19.3. The molecule has 0 atom stereocenters. The van der Waals surface area contributed by atoms with Crippen molar-refractivity contribution in [2.45, 2.75) is 135 Å². The summed E-state index contributed by atoms with van der Waals surface area (Å²) in [4.78, 5) is 31.3. The average molecular weight is 642 g/mol. The third-order valence-electron chi connectivity index (χ3n) is 9.81. The topological polar surface area (TPSA) is 64.0 Å². The number of anilines is 1. The maximum atomic E-state index is 15.9. The van der Waals surface area contributed by atoms with Crippen LogP contribution >= 0.6 is 0 Å². The molecule has 0 spiro atoms. The third-order valence-corrected chi connectivity index (χ3v) is 9.81. The minimum atomic E-state index is -0.625. The van der Waals surface area contributed by atoms with E-state index in [1.165, 1.54) is 89.5 Å². The van der Waals surface area contributed by atoms with Gasteiger partial charge in [-0.2, -0.15) is 0 Å². The van der Waals surface area contributed by atoms with Crippen LogP contribution in [0.4, 0.5) is 10.1 Å². The number of ether oxygens (including phenoxy) is 2. The van der Waals surface area contributed by atoms with Gasteiger partial charge >= 0.3 is 5.97 Å². The zero-order chi connectivity index (χ0) is 32.7. The molecule has 0 radical (unpaired) electrons. The fraction of sp³-hybridized carbons (Fsp3) is 0.737. The number of hydrogen-bond acceptors (Lipinski definition) is 6. The smallest absolute Gasteiger partial charge is 0.343 e. The van der Waals surface area contributed by atoms with Crippen LogP contribution in [-0.2, 0) is 4.74 Å². The minimum absolute atomic E-state index is 0.0252. The van der Waals surface area contributed by atoms with Crippen LogP contribution in [0.3, 0.4) is 0 Å². The lowest BCUT2D eigenvalue weighted by molar-refractivity contribution is 0.0495. The molecule has 2 fully saturated rings. The molecule has 0 bridgehead atoms. The number of fused-ring (bicyclic) bond motifs is 1. The SMILES string of the molecule is CCCCCCCCCCOC(=O)c1cn(C2CC2)c2c(OC)c(N3CCN(CCCCCCCCCC)CC3)c(F)cc2c1=O. The molecule has 1 aliphatic heterocycles. The van der Waals surface area contributed by atoms with E-state index in [2.05, 4.69) is 23.6 Å². The molecule has 4 rings (SSSR count). The Kier molecular flexibility index (Phi) is 15.2. The van der Waals surface area contributed by atoms with Crippen LogP contribution in [0.15, 0.2) is 17.1 Å². The molecule has 2 heterocycles. The van der Waals surface area contributed by atoms with Gasteiger partial charge in [0.05, 0.1) is 24.6 Å². The lowest BCUT2D eigenvalue weighted by Gasteiger charge is -2.37. The predicted molar refractivity (Wildman–Crippen MR) is 187 cm³/mol. The molecule has 1 aliphatic carbocycles. The second-order valence-electron chi connectivity index (χ2n) is 13.6. The van der Waals surface area contributed by atoms with Gasteiger partial charge in [-0.25, -0.2) is 9.18 Å². The van der Waals surface area contributed by atoms with Crippen molar-refractivity contribution in [3.63, 3.8) is 0 Å². The van der Waals surface area contributed by atoms with E-state index >= 15 is 4.39 Å². The standard InChI is InChI=1S/C38H60FN3O4/c1-4-6-8-10-12-14-16-18-22-40-23-25-41(26-24-40)35-33(39)28-31-34(37(35)45-3)42(30-20-21-30)29-32(36(31)43)38(44)46-27-19-17-15-13-11-9-7-5-2/h28-30H,4-27H2,1-3H3. The van der Waals surface area contributed by atoms with Gasteiger partial charge in [0.15, 0.2) is 11.6 Å². The van der Waals surface area contributed by atoms with Crippen LogP contribution in [-0.4, -0.2) is 61.9 Å². The summed E-state index contributed by atoms with van der Waals surface area (Å²) in [6, 6.07) is 1.47. The molecule has 2 aromatic rings. The van der Waals surface area contributed by atoms with Crippen molar-refractivity contribution in [2.75, 3.05) is 51.3 Å². The minimum Gasteiger partial charge on any atom is -0.492 e. The second-order valence-corrected chi connectivity index (χ2v) is 13.6. The number of carbonyl (C=O) groups is 1. The molecule has 1 aromatic heterocycles. The zero-order valence-electron chi connectivity index (χ0n) is 29.1. The van der Waals surface area contributed by atoms with E-state index < -0.39 is 17.2 Å². The Morgan fingerprint density at radius 3 is 1.96 bits per heavy atom. The Morgan fingerprint density at radius 2 is 1.39 bits per heavy atom. The summed E-state index contributed by atoms with van der Waals surface area (Å²) in [5.74, 6) is -0.723. The van der Waals surface area contributed by atoms with Gasteiger partial charge in [-0.3, -0.25) is 9.69 Å². The Balaban J connectivity index is 1.38. The number of nitrogens with zero attached hydrogens (tertiary/aromatic N) is 3. The van der Waals surface area contributed by atoms with Crippen molar-refractivity contribution in [2.24, 2.45) is 0 Å². The van der Waals surface area contributed by atoms with Gasteiger partial charge in [-0.1, -0.05) is 104 Å². The first kappa shape index (κ1) is 36.2. The van der Waals surface area contributed by atoms with Crippen molar-refractivity contribution in [1.82, 2.24) is 9.47 Å². The summed E-state index contributed by atoms with van der Waals surface area (Å²) in [5, 5.41) is 0.180. The highest BCUT2D eigenvalue weighted by Crippen LogP contribution is 2.43. The highest BCUT2D eigenvalue weighted by Gasteiger charge is 2.32. The number of methoxy groups -OCH3 is 1. The number of halogens is 1. The van der Waals surface area contributed by atoms with Crippen molar-refractivity contribution in [1.29, 1.82) is 0 Å². The molecule has 0 N–H and O–H groups in total. The van der Waals surface area contributed by atoms with Crippen molar-refractivity contribution < 1.29 is 18.7 Å². The van der Waals surface area contributed by atoms with E-state index in [0.717, 1.165) is 51.7 Å². The number of aromatic nitrogens is 1. The summed E-state index contributed by atoms with van der Waals surface area (Å²) in [5.41, 5.74) is 0.474. The van der Waals surface area contributed by atoms with Crippen LogP contribution < -0.4 is 15.1 Å². The molecular weight excluding hydrogens is 581 g/mol. The van der Waals surface area contributed by atoms with Crippen LogP contribution in [0.25, 0.3) is 10.9 Å². The van der Waals surface area contributed by atoms with Gasteiger partial charge in [0, 0.05) is 38.4 Å². The normalized spacial score (nSPS) is 15.5. The van der Waals surface area contributed by atoms with Gasteiger partial charge in [0.1, 0.15) is 11.3 Å². The Bertz CT molecular complexity index is 1280. The summed E-state index contributed by atoms with van der Waals surface area (Å²) >= 11 is 0.